The molecule has 0 saturated carbocycles. The second kappa shape index (κ2) is 18.5. The molecule has 0 amide bonds. The molecule has 0 fully saturated rings. The van der Waals surface area contributed by atoms with Crippen molar-refractivity contribution in [2.45, 2.75) is 105 Å². The first-order valence-electron chi connectivity index (χ1n) is 16.8. The van der Waals surface area contributed by atoms with Crippen LogP contribution in [0.2, 0.25) is 0 Å². The largest absolute Gasteiger partial charge is 0.493 e. The molecule has 0 aliphatic carbocycles. The molecule has 0 aliphatic rings. The number of benzene rings is 3. The van der Waals surface area contributed by atoms with E-state index in [0.29, 0.717) is 11.8 Å². The van der Waals surface area contributed by atoms with E-state index in [9.17, 15) is 0 Å². The molecule has 2 unspecified atom stereocenters. The molecule has 3 aromatic rings. The minimum absolute atomic E-state index is 0.632. The molecule has 0 heterocycles. The van der Waals surface area contributed by atoms with E-state index in [1.165, 1.54) is 84.8 Å². The predicted octanol–water partition coefficient (Wildman–Crippen LogP) is 12.1. The number of rotatable bonds is 20. The van der Waals surface area contributed by atoms with E-state index in [1.54, 1.807) is 0 Å². The van der Waals surface area contributed by atoms with Crippen molar-refractivity contribution in [2.24, 2.45) is 11.8 Å². The van der Waals surface area contributed by atoms with E-state index in [4.69, 9.17) is 9.47 Å². The molecular formula is C40H56O2. The molecule has 42 heavy (non-hydrogen) atoms. The lowest BCUT2D eigenvalue weighted by Crippen LogP contribution is -2.11. The van der Waals surface area contributed by atoms with Gasteiger partial charge >= 0.3 is 0 Å². The molecule has 0 aromatic heterocycles. The van der Waals surface area contributed by atoms with Crippen LogP contribution >= 0.6 is 0 Å². The monoisotopic (exact) mass is 568 g/mol. The zero-order valence-electron chi connectivity index (χ0n) is 27.2. The molecule has 0 spiro atoms. The van der Waals surface area contributed by atoms with Crippen LogP contribution in [0.25, 0.3) is 22.3 Å². The highest BCUT2D eigenvalue weighted by Gasteiger charge is 2.11. The third-order valence-electron chi connectivity index (χ3n) is 8.69. The van der Waals surface area contributed by atoms with Crippen molar-refractivity contribution >= 4 is 0 Å². The summed E-state index contributed by atoms with van der Waals surface area (Å²) in [7, 11) is 0. The van der Waals surface area contributed by atoms with Gasteiger partial charge in [-0.2, -0.15) is 0 Å². The molecule has 0 radical (unpaired) electrons. The Morgan fingerprint density at radius 3 is 1.45 bits per heavy atom. The number of hydrogen-bond acceptors (Lipinski definition) is 2. The zero-order chi connectivity index (χ0) is 30.2. The number of allylic oxidation sites excluding steroid dienone is 1. The van der Waals surface area contributed by atoms with Gasteiger partial charge in [0.15, 0.2) is 0 Å². The van der Waals surface area contributed by atoms with E-state index in [-0.39, 0.29) is 0 Å². The SMILES string of the molecule is C=C(CC)CCc1cc(-c2ccc(OCC(CC)CCCC)cc2)cc(-c2ccc(OCC(CC)CCCC)cc2)c1. The molecule has 3 rings (SSSR count). The maximum atomic E-state index is 6.19. The van der Waals surface area contributed by atoms with Crippen LogP contribution in [-0.2, 0) is 6.42 Å². The van der Waals surface area contributed by atoms with Gasteiger partial charge in [0.05, 0.1) is 13.2 Å². The highest BCUT2D eigenvalue weighted by molar-refractivity contribution is 5.74. The maximum Gasteiger partial charge on any atom is 0.119 e. The van der Waals surface area contributed by atoms with Crippen molar-refractivity contribution < 1.29 is 9.47 Å². The van der Waals surface area contributed by atoms with E-state index in [1.807, 2.05) is 0 Å². The summed E-state index contributed by atoms with van der Waals surface area (Å²) in [6.07, 6.45) is 12.9. The van der Waals surface area contributed by atoms with Gasteiger partial charge in [-0.25, -0.2) is 0 Å². The minimum atomic E-state index is 0.632. The van der Waals surface area contributed by atoms with Gasteiger partial charge in [-0.05, 0) is 102 Å². The fourth-order valence-corrected chi connectivity index (χ4v) is 5.38. The Balaban J connectivity index is 1.77. The summed E-state index contributed by atoms with van der Waals surface area (Å²) in [5.74, 6) is 3.18. The third kappa shape index (κ3) is 11.0. The second-order valence-corrected chi connectivity index (χ2v) is 12.0. The molecule has 0 N–H and O–H groups in total. The topological polar surface area (TPSA) is 18.5 Å². The lowest BCUT2D eigenvalue weighted by molar-refractivity contribution is 0.233. The van der Waals surface area contributed by atoms with Gasteiger partial charge in [-0.15, -0.1) is 0 Å². The third-order valence-corrected chi connectivity index (χ3v) is 8.69. The smallest absolute Gasteiger partial charge is 0.119 e. The molecule has 0 saturated heterocycles. The predicted molar refractivity (Wildman–Crippen MR) is 183 cm³/mol. The normalized spacial score (nSPS) is 12.6. The first kappa shape index (κ1) is 33.5. The van der Waals surface area contributed by atoms with Crippen molar-refractivity contribution in [3.8, 4) is 33.8 Å². The summed E-state index contributed by atoms with van der Waals surface area (Å²) in [6, 6.07) is 24.3. The van der Waals surface area contributed by atoms with E-state index >= 15 is 0 Å². The van der Waals surface area contributed by atoms with Gasteiger partial charge in [0, 0.05) is 0 Å². The fraction of sp³-hybridized carbons (Fsp3) is 0.500. The summed E-state index contributed by atoms with van der Waals surface area (Å²) < 4.78 is 12.4. The molecule has 2 nitrogen and oxygen atoms in total. The molecule has 0 bridgehead atoms. The van der Waals surface area contributed by atoms with Crippen molar-refractivity contribution in [3.63, 3.8) is 0 Å². The Bertz CT molecular complexity index is 1090. The Labute approximate surface area is 257 Å². The second-order valence-electron chi connectivity index (χ2n) is 12.0. The Morgan fingerprint density at radius 1 is 0.619 bits per heavy atom. The Kier molecular flexibility index (Phi) is 14.8. The number of ether oxygens (including phenoxy) is 2. The van der Waals surface area contributed by atoms with Gasteiger partial charge in [0.1, 0.15) is 11.5 Å². The summed E-state index contributed by atoms with van der Waals surface area (Å²) in [5.41, 5.74) is 7.57. The van der Waals surface area contributed by atoms with Gasteiger partial charge < -0.3 is 9.47 Å². The van der Waals surface area contributed by atoms with Crippen LogP contribution in [0.1, 0.15) is 104 Å². The minimum Gasteiger partial charge on any atom is -0.493 e. The quantitative estimate of drug-likeness (QED) is 0.126. The van der Waals surface area contributed by atoms with Gasteiger partial charge in [-0.1, -0.05) is 122 Å². The average molecular weight is 569 g/mol. The summed E-state index contributed by atoms with van der Waals surface area (Å²) >= 11 is 0. The lowest BCUT2D eigenvalue weighted by atomic mass is 9.93. The Hall–Kier alpha value is -3.00. The zero-order valence-corrected chi connectivity index (χ0v) is 27.2. The van der Waals surface area contributed by atoms with Crippen LogP contribution in [0.4, 0.5) is 0 Å². The van der Waals surface area contributed by atoms with Crippen LogP contribution in [0.5, 0.6) is 11.5 Å². The lowest BCUT2D eigenvalue weighted by Gasteiger charge is -2.16. The summed E-state index contributed by atoms with van der Waals surface area (Å²) in [5, 5.41) is 0. The summed E-state index contributed by atoms with van der Waals surface area (Å²) in [6.45, 7) is 17.1. The molecule has 2 atom stereocenters. The highest BCUT2D eigenvalue weighted by Crippen LogP contribution is 2.32. The Morgan fingerprint density at radius 2 is 1.07 bits per heavy atom. The molecular weight excluding hydrogens is 512 g/mol. The van der Waals surface area contributed by atoms with Crippen LogP contribution in [-0.4, -0.2) is 13.2 Å². The van der Waals surface area contributed by atoms with Crippen LogP contribution in [0.15, 0.2) is 78.9 Å². The first-order valence-corrected chi connectivity index (χ1v) is 16.8. The summed E-state index contributed by atoms with van der Waals surface area (Å²) in [4.78, 5) is 0. The molecule has 2 heteroatoms. The van der Waals surface area contributed by atoms with E-state index < -0.39 is 0 Å². The first-order chi connectivity index (χ1) is 20.5. The van der Waals surface area contributed by atoms with E-state index in [2.05, 4.69) is 108 Å². The fourth-order valence-electron chi connectivity index (χ4n) is 5.38. The van der Waals surface area contributed by atoms with Crippen molar-refractivity contribution in [2.75, 3.05) is 13.2 Å². The van der Waals surface area contributed by atoms with Crippen molar-refractivity contribution in [1.29, 1.82) is 0 Å². The molecule has 228 valence electrons. The van der Waals surface area contributed by atoms with Crippen LogP contribution in [0.3, 0.4) is 0 Å². The molecule has 3 aromatic carbocycles. The van der Waals surface area contributed by atoms with Gasteiger partial charge in [-0.3, -0.25) is 0 Å². The number of aryl methyl sites for hydroxylation is 1. The van der Waals surface area contributed by atoms with Gasteiger partial charge in [0.25, 0.3) is 0 Å². The average Bonchev–Trinajstić information content (AvgIpc) is 3.04. The van der Waals surface area contributed by atoms with Crippen molar-refractivity contribution in [3.05, 3.63) is 84.4 Å². The van der Waals surface area contributed by atoms with Gasteiger partial charge in [0.2, 0.25) is 0 Å². The highest BCUT2D eigenvalue weighted by atomic mass is 16.5. The maximum absolute atomic E-state index is 6.19. The standard InChI is InChI=1S/C40H56O2/c1-7-12-14-32(10-4)29-41-39-22-18-35(19-23-39)37-26-34(17-16-31(6)9-3)27-38(28-37)36-20-24-40(25-21-36)42-30-33(11-5)15-13-8-2/h18-28,32-33H,6-17,29-30H2,1-5H3. The number of hydrogen-bond donors (Lipinski definition) is 0. The molecule has 0 aliphatic heterocycles. The van der Waals surface area contributed by atoms with Crippen LogP contribution in [0, 0.1) is 11.8 Å². The van der Waals surface area contributed by atoms with Crippen molar-refractivity contribution in [1.82, 2.24) is 0 Å². The number of unbranched alkanes of at least 4 members (excludes halogenated alkanes) is 2. The van der Waals surface area contributed by atoms with Crippen LogP contribution < -0.4 is 9.47 Å². The van der Waals surface area contributed by atoms with E-state index in [0.717, 1.165) is 44.0 Å².